The van der Waals surface area contributed by atoms with E-state index in [-0.39, 0.29) is 24.2 Å². The highest BCUT2D eigenvalue weighted by atomic mass is 32.1. The van der Waals surface area contributed by atoms with Gasteiger partial charge in [-0.15, -0.1) is 11.3 Å². The molecule has 5 nitrogen and oxygen atoms in total. The quantitative estimate of drug-likeness (QED) is 0.800. The molecule has 0 bridgehead atoms. The summed E-state index contributed by atoms with van der Waals surface area (Å²) >= 11 is 1.33. The molecule has 2 aromatic rings. The number of carbonyl (C=O) groups excluding carboxylic acids is 2. The zero-order valence-corrected chi connectivity index (χ0v) is 15.1. The van der Waals surface area contributed by atoms with Crippen molar-refractivity contribution in [2.75, 3.05) is 11.9 Å². The Kier molecular flexibility index (Phi) is 5.81. The van der Waals surface area contributed by atoms with E-state index in [1.54, 1.807) is 12.3 Å². The van der Waals surface area contributed by atoms with Gasteiger partial charge in [0.25, 0.3) is 0 Å². The second-order valence-electron chi connectivity index (χ2n) is 6.17. The number of carbonyl (C=O) groups is 2. The number of ether oxygens (including phenoxy) is 1. The SMILES string of the molecule is CCOC(=O)Cc1csc(NC(=O)CC2CCCc3ccccc32)n1. The number of nitrogens with zero attached hydrogens (tertiary/aromatic N) is 1. The van der Waals surface area contributed by atoms with Crippen LogP contribution in [0.1, 0.15) is 48.9 Å². The molecule has 0 spiro atoms. The van der Waals surface area contributed by atoms with E-state index in [4.69, 9.17) is 4.74 Å². The van der Waals surface area contributed by atoms with Crippen molar-refractivity contribution < 1.29 is 14.3 Å². The van der Waals surface area contributed by atoms with E-state index in [2.05, 4.69) is 28.5 Å². The molecule has 0 radical (unpaired) electrons. The fourth-order valence-corrected chi connectivity index (χ4v) is 3.99. The van der Waals surface area contributed by atoms with Crippen molar-refractivity contribution in [2.45, 2.75) is 44.9 Å². The lowest BCUT2D eigenvalue weighted by Gasteiger charge is -2.24. The first-order valence-electron chi connectivity index (χ1n) is 8.63. The number of nitrogens with one attached hydrogen (secondary N) is 1. The Labute approximate surface area is 151 Å². The van der Waals surface area contributed by atoms with Crippen LogP contribution in [0.2, 0.25) is 0 Å². The van der Waals surface area contributed by atoms with Crippen molar-refractivity contribution in [1.29, 1.82) is 0 Å². The number of hydrogen-bond donors (Lipinski definition) is 1. The van der Waals surface area contributed by atoms with Crippen LogP contribution < -0.4 is 5.32 Å². The van der Waals surface area contributed by atoms with Gasteiger partial charge in [0.2, 0.25) is 5.91 Å². The van der Waals surface area contributed by atoms with Crippen molar-refractivity contribution in [2.24, 2.45) is 0 Å². The van der Waals surface area contributed by atoms with Crippen LogP contribution in [0.4, 0.5) is 5.13 Å². The van der Waals surface area contributed by atoms with Gasteiger partial charge in [-0.1, -0.05) is 24.3 Å². The lowest BCUT2D eigenvalue weighted by Crippen LogP contribution is -2.18. The Balaban J connectivity index is 1.57. The molecule has 1 unspecified atom stereocenters. The fraction of sp³-hybridized carbons (Fsp3) is 0.421. The molecule has 1 aromatic carbocycles. The summed E-state index contributed by atoms with van der Waals surface area (Å²) in [6.07, 6.45) is 3.85. The van der Waals surface area contributed by atoms with Crippen molar-refractivity contribution in [3.05, 3.63) is 46.5 Å². The standard InChI is InChI=1S/C19H22N2O3S/c1-2-24-18(23)11-15-12-25-19(20-15)21-17(22)10-14-8-5-7-13-6-3-4-9-16(13)14/h3-4,6,9,12,14H,2,5,7-8,10-11H2,1H3,(H,20,21,22). The highest BCUT2D eigenvalue weighted by molar-refractivity contribution is 7.13. The molecule has 0 fully saturated rings. The van der Waals surface area contributed by atoms with Crippen LogP contribution >= 0.6 is 11.3 Å². The maximum Gasteiger partial charge on any atom is 0.311 e. The number of anilines is 1. The Morgan fingerprint density at radius 3 is 3.04 bits per heavy atom. The van der Waals surface area contributed by atoms with E-state index in [0.717, 1.165) is 19.3 Å². The molecule has 0 saturated carbocycles. The number of amides is 1. The average Bonchev–Trinajstić information content (AvgIpc) is 3.02. The maximum absolute atomic E-state index is 12.4. The van der Waals surface area contributed by atoms with Crippen molar-refractivity contribution in [1.82, 2.24) is 4.98 Å². The van der Waals surface area contributed by atoms with Crippen LogP contribution in [0.5, 0.6) is 0 Å². The summed E-state index contributed by atoms with van der Waals surface area (Å²) < 4.78 is 4.91. The predicted octanol–water partition coefficient (Wildman–Crippen LogP) is 3.70. The van der Waals surface area contributed by atoms with E-state index >= 15 is 0 Å². The third-order valence-electron chi connectivity index (χ3n) is 4.35. The summed E-state index contributed by atoms with van der Waals surface area (Å²) in [5, 5.41) is 5.18. The minimum atomic E-state index is -0.301. The van der Waals surface area contributed by atoms with E-state index in [9.17, 15) is 9.59 Å². The summed E-state index contributed by atoms with van der Waals surface area (Å²) in [7, 11) is 0. The lowest BCUT2D eigenvalue weighted by atomic mass is 9.81. The average molecular weight is 358 g/mol. The molecule has 1 heterocycles. The Bertz CT molecular complexity index is 757. The molecule has 6 heteroatoms. The summed E-state index contributed by atoms with van der Waals surface area (Å²) in [6.45, 7) is 2.13. The molecule has 132 valence electrons. The number of aromatic nitrogens is 1. The van der Waals surface area contributed by atoms with E-state index in [1.807, 2.05) is 6.07 Å². The number of thiazole rings is 1. The molecule has 0 saturated heterocycles. The number of benzene rings is 1. The zero-order valence-electron chi connectivity index (χ0n) is 14.3. The summed E-state index contributed by atoms with van der Waals surface area (Å²) in [5.74, 6) is -0.0628. The summed E-state index contributed by atoms with van der Waals surface area (Å²) in [6, 6.07) is 8.38. The number of hydrogen-bond acceptors (Lipinski definition) is 5. The maximum atomic E-state index is 12.4. The van der Waals surface area contributed by atoms with Gasteiger partial charge in [-0.3, -0.25) is 9.59 Å². The highest BCUT2D eigenvalue weighted by Gasteiger charge is 2.22. The molecule has 25 heavy (non-hydrogen) atoms. The van der Waals surface area contributed by atoms with Gasteiger partial charge in [-0.25, -0.2) is 4.98 Å². The van der Waals surface area contributed by atoms with Crippen LogP contribution in [0.3, 0.4) is 0 Å². The Morgan fingerprint density at radius 2 is 2.20 bits per heavy atom. The van der Waals surface area contributed by atoms with Gasteiger partial charge in [0.1, 0.15) is 0 Å². The third-order valence-corrected chi connectivity index (χ3v) is 5.16. The molecular weight excluding hydrogens is 336 g/mol. The fourth-order valence-electron chi connectivity index (χ4n) is 3.27. The largest absolute Gasteiger partial charge is 0.466 e. The van der Waals surface area contributed by atoms with Gasteiger partial charge in [0.15, 0.2) is 5.13 Å². The monoisotopic (exact) mass is 358 g/mol. The molecular formula is C19H22N2O3S. The third kappa shape index (κ3) is 4.66. The number of esters is 1. The highest BCUT2D eigenvalue weighted by Crippen LogP contribution is 2.34. The Morgan fingerprint density at radius 1 is 1.36 bits per heavy atom. The first-order valence-corrected chi connectivity index (χ1v) is 9.51. The van der Waals surface area contributed by atoms with E-state index in [0.29, 0.717) is 23.9 Å². The van der Waals surface area contributed by atoms with Crippen molar-refractivity contribution in [3.8, 4) is 0 Å². The normalized spacial score (nSPS) is 16.1. The molecule has 1 atom stereocenters. The van der Waals surface area contributed by atoms with Crippen LogP contribution in [0.15, 0.2) is 29.6 Å². The van der Waals surface area contributed by atoms with E-state index < -0.39 is 0 Å². The smallest absolute Gasteiger partial charge is 0.311 e. The molecule has 1 N–H and O–H groups in total. The summed E-state index contributed by atoms with van der Waals surface area (Å²) in [4.78, 5) is 28.2. The minimum absolute atomic E-state index is 0.0289. The number of aryl methyl sites for hydroxylation is 1. The molecule has 1 aliphatic rings. The minimum Gasteiger partial charge on any atom is -0.466 e. The molecule has 0 aliphatic heterocycles. The van der Waals surface area contributed by atoms with Gasteiger partial charge in [-0.05, 0) is 43.2 Å². The van der Waals surface area contributed by atoms with Crippen LogP contribution in [-0.2, 0) is 27.2 Å². The van der Waals surface area contributed by atoms with Crippen LogP contribution in [0.25, 0.3) is 0 Å². The van der Waals surface area contributed by atoms with Crippen molar-refractivity contribution >= 4 is 28.3 Å². The first kappa shape index (κ1) is 17.6. The van der Waals surface area contributed by atoms with Crippen LogP contribution in [0, 0.1) is 0 Å². The molecule has 3 rings (SSSR count). The van der Waals surface area contributed by atoms with Gasteiger partial charge in [0.05, 0.1) is 18.7 Å². The van der Waals surface area contributed by atoms with Gasteiger partial charge >= 0.3 is 5.97 Å². The molecule has 1 aliphatic carbocycles. The molecule has 1 amide bonds. The van der Waals surface area contributed by atoms with Gasteiger partial charge in [-0.2, -0.15) is 0 Å². The lowest BCUT2D eigenvalue weighted by molar-refractivity contribution is -0.142. The second kappa shape index (κ2) is 8.25. The number of rotatable bonds is 6. The predicted molar refractivity (Wildman–Crippen MR) is 97.8 cm³/mol. The van der Waals surface area contributed by atoms with Crippen LogP contribution in [-0.4, -0.2) is 23.5 Å². The first-order chi connectivity index (χ1) is 12.2. The number of fused-ring (bicyclic) bond motifs is 1. The Hall–Kier alpha value is -2.21. The van der Waals surface area contributed by atoms with Gasteiger partial charge in [0, 0.05) is 11.8 Å². The van der Waals surface area contributed by atoms with Gasteiger partial charge < -0.3 is 10.1 Å². The molecule has 1 aromatic heterocycles. The van der Waals surface area contributed by atoms with Crippen molar-refractivity contribution in [3.63, 3.8) is 0 Å². The van der Waals surface area contributed by atoms with E-state index in [1.165, 1.54) is 22.5 Å². The summed E-state index contributed by atoms with van der Waals surface area (Å²) in [5.41, 5.74) is 3.28. The zero-order chi connectivity index (χ0) is 17.6. The second-order valence-corrected chi connectivity index (χ2v) is 7.02. The topological polar surface area (TPSA) is 68.3 Å².